The van der Waals surface area contributed by atoms with E-state index in [4.69, 9.17) is 16.3 Å². The maximum atomic E-state index is 6.11. The van der Waals surface area contributed by atoms with Gasteiger partial charge in [-0.25, -0.2) is 0 Å². The summed E-state index contributed by atoms with van der Waals surface area (Å²) in [6, 6.07) is 6.16. The SMILES string of the molecule is CCNC(C)C(C)Oc1ccc(C)cc1Cl. The summed E-state index contributed by atoms with van der Waals surface area (Å²) in [6.45, 7) is 9.19. The van der Waals surface area contributed by atoms with Gasteiger partial charge in [-0.15, -0.1) is 0 Å². The highest BCUT2D eigenvalue weighted by molar-refractivity contribution is 6.32. The van der Waals surface area contributed by atoms with Crippen LogP contribution in [0, 0.1) is 6.92 Å². The molecular weight excluding hydrogens is 222 g/mol. The Morgan fingerprint density at radius 2 is 2.06 bits per heavy atom. The Balaban J connectivity index is 2.65. The van der Waals surface area contributed by atoms with E-state index < -0.39 is 0 Å². The van der Waals surface area contributed by atoms with Crippen LogP contribution in [0.3, 0.4) is 0 Å². The van der Waals surface area contributed by atoms with Gasteiger partial charge in [0.15, 0.2) is 0 Å². The molecule has 0 amide bonds. The van der Waals surface area contributed by atoms with Crippen molar-refractivity contribution in [2.75, 3.05) is 6.54 Å². The van der Waals surface area contributed by atoms with Crippen LogP contribution in [0.25, 0.3) is 0 Å². The molecule has 0 saturated carbocycles. The molecule has 0 spiro atoms. The molecule has 2 nitrogen and oxygen atoms in total. The molecule has 0 aliphatic rings. The summed E-state index contributed by atoms with van der Waals surface area (Å²) in [7, 11) is 0. The van der Waals surface area contributed by atoms with E-state index in [1.807, 2.05) is 32.0 Å². The topological polar surface area (TPSA) is 21.3 Å². The first-order chi connectivity index (χ1) is 7.54. The monoisotopic (exact) mass is 241 g/mol. The molecule has 0 aromatic heterocycles. The molecule has 0 saturated heterocycles. The quantitative estimate of drug-likeness (QED) is 0.853. The summed E-state index contributed by atoms with van der Waals surface area (Å²) in [4.78, 5) is 0. The Labute approximate surface area is 103 Å². The molecule has 0 bridgehead atoms. The average Bonchev–Trinajstić information content (AvgIpc) is 2.22. The molecule has 2 atom stereocenters. The fraction of sp³-hybridized carbons (Fsp3) is 0.538. The van der Waals surface area contributed by atoms with Crippen molar-refractivity contribution in [2.24, 2.45) is 0 Å². The molecule has 0 radical (unpaired) electrons. The van der Waals surface area contributed by atoms with E-state index in [-0.39, 0.29) is 6.10 Å². The normalized spacial score (nSPS) is 14.6. The van der Waals surface area contributed by atoms with E-state index in [9.17, 15) is 0 Å². The summed E-state index contributed by atoms with van der Waals surface area (Å²) in [5.41, 5.74) is 1.14. The second kappa shape index (κ2) is 6.12. The van der Waals surface area contributed by atoms with Crippen LogP contribution >= 0.6 is 11.6 Å². The van der Waals surface area contributed by atoms with E-state index in [2.05, 4.69) is 19.2 Å². The molecule has 0 aliphatic heterocycles. The number of likely N-dealkylation sites (N-methyl/N-ethyl adjacent to an activating group) is 1. The first-order valence-corrected chi connectivity index (χ1v) is 6.08. The zero-order valence-corrected chi connectivity index (χ0v) is 11.1. The van der Waals surface area contributed by atoms with Gasteiger partial charge in [0.05, 0.1) is 5.02 Å². The van der Waals surface area contributed by atoms with E-state index in [1.54, 1.807) is 0 Å². The molecule has 1 N–H and O–H groups in total. The number of rotatable bonds is 5. The largest absolute Gasteiger partial charge is 0.488 e. The van der Waals surface area contributed by atoms with Crippen molar-refractivity contribution in [1.29, 1.82) is 0 Å². The van der Waals surface area contributed by atoms with Crippen LogP contribution in [0.5, 0.6) is 5.75 Å². The van der Waals surface area contributed by atoms with E-state index >= 15 is 0 Å². The van der Waals surface area contributed by atoms with Crippen molar-refractivity contribution >= 4 is 11.6 Å². The van der Waals surface area contributed by atoms with Gasteiger partial charge in [0.2, 0.25) is 0 Å². The molecule has 16 heavy (non-hydrogen) atoms. The lowest BCUT2D eigenvalue weighted by molar-refractivity contribution is 0.179. The molecule has 2 unspecified atom stereocenters. The smallest absolute Gasteiger partial charge is 0.138 e. The maximum Gasteiger partial charge on any atom is 0.138 e. The molecule has 1 rings (SSSR count). The maximum absolute atomic E-state index is 6.11. The lowest BCUT2D eigenvalue weighted by Gasteiger charge is -2.22. The fourth-order valence-corrected chi connectivity index (χ4v) is 1.77. The van der Waals surface area contributed by atoms with E-state index in [0.29, 0.717) is 11.1 Å². The van der Waals surface area contributed by atoms with Crippen LogP contribution < -0.4 is 10.1 Å². The van der Waals surface area contributed by atoms with Crippen molar-refractivity contribution < 1.29 is 4.74 Å². The molecule has 90 valence electrons. The van der Waals surface area contributed by atoms with Crippen LogP contribution in [0.2, 0.25) is 5.02 Å². The second-order valence-electron chi connectivity index (χ2n) is 4.10. The van der Waals surface area contributed by atoms with Gasteiger partial charge in [-0.1, -0.05) is 24.6 Å². The van der Waals surface area contributed by atoms with Gasteiger partial charge in [0, 0.05) is 6.04 Å². The number of hydrogen-bond donors (Lipinski definition) is 1. The van der Waals surface area contributed by atoms with Gasteiger partial charge in [-0.2, -0.15) is 0 Å². The minimum atomic E-state index is 0.0974. The minimum absolute atomic E-state index is 0.0974. The van der Waals surface area contributed by atoms with Gasteiger partial charge < -0.3 is 10.1 Å². The third kappa shape index (κ3) is 3.69. The van der Waals surface area contributed by atoms with Gasteiger partial charge in [-0.3, -0.25) is 0 Å². The Hall–Kier alpha value is -0.730. The Kier molecular flexibility index (Phi) is 5.10. The first-order valence-electron chi connectivity index (χ1n) is 5.70. The van der Waals surface area contributed by atoms with Crippen molar-refractivity contribution in [3.63, 3.8) is 0 Å². The summed E-state index contributed by atoms with van der Waals surface area (Å²) < 4.78 is 5.82. The van der Waals surface area contributed by atoms with E-state index in [1.165, 1.54) is 0 Å². The summed E-state index contributed by atoms with van der Waals surface area (Å²) >= 11 is 6.11. The zero-order chi connectivity index (χ0) is 12.1. The molecule has 0 aliphatic carbocycles. The lowest BCUT2D eigenvalue weighted by atomic mass is 10.2. The average molecular weight is 242 g/mol. The Bertz CT molecular complexity index is 341. The van der Waals surface area contributed by atoms with Gasteiger partial charge in [0.25, 0.3) is 0 Å². The molecule has 0 heterocycles. The summed E-state index contributed by atoms with van der Waals surface area (Å²) in [6.07, 6.45) is 0.0974. The van der Waals surface area contributed by atoms with Crippen LogP contribution in [-0.2, 0) is 0 Å². The fourth-order valence-electron chi connectivity index (χ4n) is 1.49. The number of benzene rings is 1. The van der Waals surface area contributed by atoms with Crippen molar-refractivity contribution in [3.05, 3.63) is 28.8 Å². The van der Waals surface area contributed by atoms with Gasteiger partial charge in [0.1, 0.15) is 11.9 Å². The third-order valence-corrected chi connectivity index (χ3v) is 2.93. The predicted octanol–water partition coefficient (Wildman–Crippen LogP) is 3.41. The Morgan fingerprint density at radius 1 is 1.38 bits per heavy atom. The summed E-state index contributed by atoms with van der Waals surface area (Å²) in [5, 5.41) is 4.00. The van der Waals surface area contributed by atoms with Crippen molar-refractivity contribution in [3.8, 4) is 5.75 Å². The van der Waals surface area contributed by atoms with Gasteiger partial charge in [-0.05, 0) is 45.0 Å². The Morgan fingerprint density at radius 3 is 2.62 bits per heavy atom. The number of nitrogens with one attached hydrogen (secondary N) is 1. The number of aryl methyl sites for hydroxylation is 1. The molecule has 1 aromatic carbocycles. The first kappa shape index (κ1) is 13.3. The van der Waals surface area contributed by atoms with E-state index in [0.717, 1.165) is 17.9 Å². The highest BCUT2D eigenvalue weighted by Gasteiger charge is 2.13. The van der Waals surface area contributed by atoms with Crippen LogP contribution in [0.1, 0.15) is 26.3 Å². The lowest BCUT2D eigenvalue weighted by Crippen LogP contribution is -2.38. The zero-order valence-electron chi connectivity index (χ0n) is 10.4. The minimum Gasteiger partial charge on any atom is -0.488 e. The number of ether oxygens (including phenoxy) is 1. The van der Waals surface area contributed by atoms with Crippen LogP contribution in [0.15, 0.2) is 18.2 Å². The highest BCUT2D eigenvalue weighted by atomic mass is 35.5. The molecular formula is C13H20ClNO. The second-order valence-corrected chi connectivity index (χ2v) is 4.51. The molecule has 0 fully saturated rings. The van der Waals surface area contributed by atoms with Crippen molar-refractivity contribution in [2.45, 2.75) is 39.8 Å². The molecule has 1 aromatic rings. The van der Waals surface area contributed by atoms with Gasteiger partial charge >= 0.3 is 0 Å². The predicted molar refractivity (Wildman–Crippen MR) is 69.4 cm³/mol. The molecule has 3 heteroatoms. The van der Waals surface area contributed by atoms with Crippen molar-refractivity contribution in [1.82, 2.24) is 5.32 Å². The van der Waals surface area contributed by atoms with Crippen LogP contribution in [-0.4, -0.2) is 18.7 Å². The standard InChI is InChI=1S/C13H20ClNO/c1-5-15-10(3)11(4)16-13-7-6-9(2)8-12(13)14/h6-8,10-11,15H,5H2,1-4H3. The summed E-state index contributed by atoms with van der Waals surface area (Å²) in [5.74, 6) is 0.754. The number of halogens is 1. The third-order valence-electron chi connectivity index (χ3n) is 2.63. The van der Waals surface area contributed by atoms with Crippen LogP contribution in [0.4, 0.5) is 0 Å². The number of hydrogen-bond acceptors (Lipinski definition) is 2. The highest BCUT2D eigenvalue weighted by Crippen LogP contribution is 2.26.